The van der Waals surface area contributed by atoms with Crippen LogP contribution in [0.3, 0.4) is 0 Å². The van der Waals surface area contributed by atoms with Crippen LogP contribution < -0.4 is 5.73 Å². The minimum atomic E-state index is 0.173. The summed E-state index contributed by atoms with van der Waals surface area (Å²) in [6, 6.07) is 6.71. The monoisotopic (exact) mass is 219 g/mol. The van der Waals surface area contributed by atoms with Crippen molar-refractivity contribution in [3.05, 3.63) is 34.9 Å². The molecule has 2 rings (SSSR count). The van der Waals surface area contributed by atoms with Crippen LogP contribution in [0, 0.1) is 13.8 Å². The summed E-state index contributed by atoms with van der Waals surface area (Å²) in [5.41, 5.74) is 10.1. The van der Waals surface area contributed by atoms with Gasteiger partial charge in [0.15, 0.2) is 0 Å². The summed E-state index contributed by atoms with van der Waals surface area (Å²) >= 11 is 0. The Morgan fingerprint density at radius 1 is 1.38 bits per heavy atom. The largest absolute Gasteiger partial charge is 0.380 e. The van der Waals surface area contributed by atoms with Crippen LogP contribution in [0.15, 0.2) is 18.2 Å². The van der Waals surface area contributed by atoms with Gasteiger partial charge in [0.2, 0.25) is 0 Å². The predicted octanol–water partition coefficient (Wildman–Crippen LogP) is 2.31. The topological polar surface area (TPSA) is 35.2 Å². The number of hydrogen-bond acceptors (Lipinski definition) is 2. The first-order valence-corrected chi connectivity index (χ1v) is 6.03. The van der Waals surface area contributed by atoms with Crippen LogP contribution in [-0.2, 0) is 10.2 Å². The Balaban J connectivity index is 2.38. The number of ether oxygens (including phenoxy) is 1. The first-order valence-electron chi connectivity index (χ1n) is 6.03. The second-order valence-corrected chi connectivity index (χ2v) is 4.94. The average molecular weight is 219 g/mol. The van der Waals surface area contributed by atoms with Crippen molar-refractivity contribution in [2.75, 3.05) is 19.8 Å². The lowest BCUT2D eigenvalue weighted by atomic mass is 9.75. The summed E-state index contributed by atoms with van der Waals surface area (Å²) < 4.78 is 5.60. The van der Waals surface area contributed by atoms with E-state index in [1.54, 1.807) is 0 Å². The van der Waals surface area contributed by atoms with Gasteiger partial charge in [-0.1, -0.05) is 23.8 Å². The quantitative estimate of drug-likeness (QED) is 0.846. The maximum Gasteiger partial charge on any atom is 0.0564 e. The number of hydrogen-bond donors (Lipinski definition) is 1. The second-order valence-electron chi connectivity index (χ2n) is 4.94. The van der Waals surface area contributed by atoms with E-state index in [2.05, 4.69) is 32.0 Å². The minimum absolute atomic E-state index is 0.173. The fraction of sp³-hybridized carbons (Fsp3) is 0.571. The number of aryl methyl sites for hydroxylation is 2. The van der Waals surface area contributed by atoms with Crippen LogP contribution in [0.1, 0.15) is 29.5 Å². The molecule has 1 heterocycles. The Morgan fingerprint density at radius 2 is 2.19 bits per heavy atom. The SMILES string of the molecule is Cc1ccc(C2(CCN)CCOC2)c(C)c1. The fourth-order valence-corrected chi connectivity index (χ4v) is 2.84. The van der Waals surface area contributed by atoms with Crippen LogP contribution in [0.4, 0.5) is 0 Å². The van der Waals surface area contributed by atoms with E-state index in [-0.39, 0.29) is 5.41 Å². The Hall–Kier alpha value is -0.860. The highest BCUT2D eigenvalue weighted by atomic mass is 16.5. The summed E-state index contributed by atoms with van der Waals surface area (Å²) in [7, 11) is 0. The molecule has 1 aromatic rings. The third kappa shape index (κ3) is 2.00. The lowest BCUT2D eigenvalue weighted by molar-refractivity contribution is 0.175. The van der Waals surface area contributed by atoms with Gasteiger partial charge in [0.25, 0.3) is 0 Å². The first-order chi connectivity index (χ1) is 7.68. The molecular formula is C14H21NO. The van der Waals surface area contributed by atoms with Crippen molar-refractivity contribution in [3.63, 3.8) is 0 Å². The number of nitrogens with two attached hydrogens (primary N) is 1. The van der Waals surface area contributed by atoms with Crippen molar-refractivity contribution in [2.24, 2.45) is 5.73 Å². The molecule has 16 heavy (non-hydrogen) atoms. The normalized spacial score (nSPS) is 24.9. The summed E-state index contributed by atoms with van der Waals surface area (Å²) in [6.45, 7) is 6.76. The third-order valence-electron chi connectivity index (χ3n) is 3.68. The van der Waals surface area contributed by atoms with Gasteiger partial charge in [-0.3, -0.25) is 0 Å². The molecule has 0 spiro atoms. The summed E-state index contributed by atoms with van der Waals surface area (Å²) in [5.74, 6) is 0. The van der Waals surface area contributed by atoms with Crippen molar-refractivity contribution in [1.82, 2.24) is 0 Å². The van der Waals surface area contributed by atoms with Gasteiger partial charge in [-0.05, 0) is 44.4 Å². The van der Waals surface area contributed by atoms with Crippen LogP contribution >= 0.6 is 0 Å². The van der Waals surface area contributed by atoms with Crippen LogP contribution in [0.5, 0.6) is 0 Å². The van der Waals surface area contributed by atoms with Gasteiger partial charge in [-0.15, -0.1) is 0 Å². The van der Waals surface area contributed by atoms with E-state index in [1.807, 2.05) is 0 Å². The third-order valence-corrected chi connectivity index (χ3v) is 3.68. The van der Waals surface area contributed by atoms with Crippen molar-refractivity contribution in [3.8, 4) is 0 Å². The molecule has 0 aliphatic carbocycles. The molecule has 1 aromatic carbocycles. The molecule has 1 unspecified atom stereocenters. The highest BCUT2D eigenvalue weighted by Gasteiger charge is 2.36. The highest BCUT2D eigenvalue weighted by Crippen LogP contribution is 2.37. The van der Waals surface area contributed by atoms with E-state index in [0.29, 0.717) is 0 Å². The van der Waals surface area contributed by atoms with Gasteiger partial charge in [-0.2, -0.15) is 0 Å². The fourth-order valence-electron chi connectivity index (χ4n) is 2.84. The lowest BCUT2D eigenvalue weighted by Gasteiger charge is -2.29. The molecule has 1 aliphatic rings. The highest BCUT2D eigenvalue weighted by molar-refractivity contribution is 5.37. The molecule has 2 nitrogen and oxygen atoms in total. The van der Waals surface area contributed by atoms with E-state index < -0.39 is 0 Å². The Kier molecular flexibility index (Phi) is 3.31. The molecule has 1 atom stereocenters. The van der Waals surface area contributed by atoms with E-state index in [0.717, 1.165) is 32.6 Å². The molecule has 0 aromatic heterocycles. The zero-order valence-electron chi connectivity index (χ0n) is 10.3. The van der Waals surface area contributed by atoms with Crippen molar-refractivity contribution >= 4 is 0 Å². The molecular weight excluding hydrogens is 198 g/mol. The molecule has 1 fully saturated rings. The van der Waals surface area contributed by atoms with E-state index in [9.17, 15) is 0 Å². The zero-order chi connectivity index (χ0) is 11.6. The van der Waals surface area contributed by atoms with Crippen molar-refractivity contribution in [1.29, 1.82) is 0 Å². The van der Waals surface area contributed by atoms with Gasteiger partial charge in [0.05, 0.1) is 6.61 Å². The van der Waals surface area contributed by atoms with Crippen LogP contribution in [-0.4, -0.2) is 19.8 Å². The van der Waals surface area contributed by atoms with E-state index in [1.165, 1.54) is 16.7 Å². The van der Waals surface area contributed by atoms with Gasteiger partial charge in [0.1, 0.15) is 0 Å². The minimum Gasteiger partial charge on any atom is -0.380 e. The maximum absolute atomic E-state index is 5.76. The Bertz CT molecular complexity index is 367. The summed E-state index contributed by atoms with van der Waals surface area (Å²) in [5, 5.41) is 0. The van der Waals surface area contributed by atoms with Crippen LogP contribution in [0.2, 0.25) is 0 Å². The molecule has 1 saturated heterocycles. The van der Waals surface area contributed by atoms with E-state index in [4.69, 9.17) is 10.5 Å². The van der Waals surface area contributed by atoms with Crippen molar-refractivity contribution < 1.29 is 4.74 Å². The average Bonchev–Trinajstić information content (AvgIpc) is 2.67. The van der Waals surface area contributed by atoms with Crippen LogP contribution in [0.25, 0.3) is 0 Å². The Morgan fingerprint density at radius 3 is 2.75 bits per heavy atom. The molecule has 0 bridgehead atoms. The molecule has 0 amide bonds. The molecule has 0 radical (unpaired) electrons. The van der Waals surface area contributed by atoms with Gasteiger partial charge in [-0.25, -0.2) is 0 Å². The lowest BCUT2D eigenvalue weighted by Crippen LogP contribution is -2.30. The summed E-state index contributed by atoms with van der Waals surface area (Å²) in [6.07, 6.45) is 2.13. The maximum atomic E-state index is 5.76. The first kappa shape index (κ1) is 11.6. The molecule has 2 N–H and O–H groups in total. The zero-order valence-corrected chi connectivity index (χ0v) is 10.3. The van der Waals surface area contributed by atoms with Crippen molar-refractivity contribution in [2.45, 2.75) is 32.1 Å². The van der Waals surface area contributed by atoms with Gasteiger partial charge < -0.3 is 10.5 Å². The molecule has 0 saturated carbocycles. The molecule has 88 valence electrons. The molecule has 2 heteroatoms. The van der Waals surface area contributed by atoms with E-state index >= 15 is 0 Å². The standard InChI is InChI=1S/C14H21NO/c1-11-3-4-13(12(2)9-11)14(5-7-15)6-8-16-10-14/h3-4,9H,5-8,10,15H2,1-2H3. The second kappa shape index (κ2) is 4.56. The Labute approximate surface area is 97.8 Å². The number of benzene rings is 1. The number of rotatable bonds is 3. The van der Waals surface area contributed by atoms with Gasteiger partial charge in [0, 0.05) is 12.0 Å². The smallest absolute Gasteiger partial charge is 0.0564 e. The summed E-state index contributed by atoms with van der Waals surface area (Å²) in [4.78, 5) is 0. The predicted molar refractivity (Wildman–Crippen MR) is 66.7 cm³/mol. The van der Waals surface area contributed by atoms with Gasteiger partial charge >= 0.3 is 0 Å². The molecule has 1 aliphatic heterocycles.